The summed E-state index contributed by atoms with van der Waals surface area (Å²) in [4.78, 5) is 5.02. The molecule has 1 N–H and O–H groups in total. The number of rotatable bonds is 3. The van der Waals surface area contributed by atoms with Crippen LogP contribution in [0, 0.1) is 5.82 Å². The van der Waals surface area contributed by atoms with Gasteiger partial charge in [0.05, 0.1) is 18.2 Å². The lowest BCUT2D eigenvalue weighted by molar-refractivity contribution is -0.137. The van der Waals surface area contributed by atoms with Crippen molar-refractivity contribution in [2.24, 2.45) is 0 Å². The van der Waals surface area contributed by atoms with Gasteiger partial charge in [0.2, 0.25) is 0 Å². The molecule has 1 aliphatic heterocycles. The molecule has 1 aliphatic rings. The summed E-state index contributed by atoms with van der Waals surface area (Å²) < 4.78 is 57.2. The van der Waals surface area contributed by atoms with Crippen LogP contribution in [-0.4, -0.2) is 6.61 Å². The zero-order valence-corrected chi connectivity index (χ0v) is 11.9. The Bertz CT molecular complexity index is 697. The largest absolute Gasteiger partial charge is 0.457 e. The Morgan fingerprint density at radius 3 is 2.61 bits per heavy atom. The average molecular weight is 327 g/mol. The second-order valence-corrected chi connectivity index (χ2v) is 5.16. The maximum absolute atomic E-state index is 13.7. The van der Waals surface area contributed by atoms with Gasteiger partial charge in [0.1, 0.15) is 17.3 Å². The molecule has 0 amide bonds. The summed E-state index contributed by atoms with van der Waals surface area (Å²) in [6.07, 6.45) is -3.79. The van der Waals surface area contributed by atoms with Crippen LogP contribution in [0.1, 0.15) is 23.6 Å². The predicted molar refractivity (Wildman–Crippen MR) is 74.4 cm³/mol. The highest BCUT2D eigenvalue weighted by atomic mass is 19.4. The van der Waals surface area contributed by atoms with E-state index in [1.54, 1.807) is 6.07 Å². The maximum atomic E-state index is 13.7. The summed E-state index contributed by atoms with van der Waals surface area (Å²) in [5.41, 5.74) is 2.54. The molecule has 2 aromatic rings. The van der Waals surface area contributed by atoms with Gasteiger partial charge in [-0.3, -0.25) is 0 Å². The molecule has 0 bridgehead atoms. The average Bonchev–Trinajstić information content (AvgIpc) is 3.00. The van der Waals surface area contributed by atoms with Gasteiger partial charge in [-0.15, -0.1) is 0 Å². The SMILES string of the molecule is Fc1cc(Oc2cccc(C(F)(F)F)c2)cc([C@H]2CCON2)c1. The summed E-state index contributed by atoms with van der Waals surface area (Å²) in [7, 11) is 0. The third-order valence-electron chi connectivity index (χ3n) is 3.43. The zero-order valence-electron chi connectivity index (χ0n) is 11.9. The molecule has 0 aliphatic carbocycles. The highest BCUT2D eigenvalue weighted by molar-refractivity contribution is 5.38. The van der Waals surface area contributed by atoms with E-state index in [0.717, 1.165) is 18.2 Å². The van der Waals surface area contributed by atoms with E-state index in [-0.39, 0.29) is 17.5 Å². The minimum absolute atomic E-state index is 0.00740. The molecule has 1 fully saturated rings. The first-order chi connectivity index (χ1) is 10.9. The third kappa shape index (κ3) is 3.80. The highest BCUT2D eigenvalue weighted by Gasteiger charge is 2.30. The van der Waals surface area contributed by atoms with Gasteiger partial charge in [-0.25, -0.2) is 4.39 Å². The Morgan fingerprint density at radius 1 is 1.09 bits per heavy atom. The Hall–Kier alpha value is -2.12. The van der Waals surface area contributed by atoms with E-state index in [4.69, 9.17) is 9.57 Å². The van der Waals surface area contributed by atoms with E-state index in [9.17, 15) is 17.6 Å². The molecule has 1 heterocycles. The second kappa shape index (κ2) is 6.17. The van der Waals surface area contributed by atoms with E-state index >= 15 is 0 Å². The number of halogens is 4. The number of benzene rings is 2. The Kier molecular flexibility index (Phi) is 4.23. The first kappa shape index (κ1) is 15.8. The van der Waals surface area contributed by atoms with Crippen molar-refractivity contribution in [3.8, 4) is 11.5 Å². The number of hydrogen-bond donors (Lipinski definition) is 1. The molecular formula is C16H13F4NO2. The lowest BCUT2D eigenvalue weighted by Gasteiger charge is -2.13. The maximum Gasteiger partial charge on any atom is 0.416 e. The zero-order chi connectivity index (χ0) is 16.4. The molecule has 1 atom stereocenters. The van der Waals surface area contributed by atoms with Gasteiger partial charge in [-0.1, -0.05) is 6.07 Å². The highest BCUT2D eigenvalue weighted by Crippen LogP contribution is 2.33. The summed E-state index contributed by atoms with van der Waals surface area (Å²) >= 11 is 0. The van der Waals surface area contributed by atoms with E-state index in [0.29, 0.717) is 18.6 Å². The molecule has 0 saturated carbocycles. The first-order valence-corrected chi connectivity index (χ1v) is 6.95. The van der Waals surface area contributed by atoms with Gasteiger partial charge in [0.25, 0.3) is 0 Å². The van der Waals surface area contributed by atoms with Gasteiger partial charge in [0, 0.05) is 6.07 Å². The molecule has 0 spiro atoms. The van der Waals surface area contributed by atoms with Crippen LogP contribution in [0.4, 0.5) is 17.6 Å². The summed E-state index contributed by atoms with van der Waals surface area (Å²) in [6.45, 7) is 0.505. The second-order valence-electron chi connectivity index (χ2n) is 5.16. The monoisotopic (exact) mass is 327 g/mol. The predicted octanol–water partition coefficient (Wildman–Crippen LogP) is 4.60. The van der Waals surface area contributed by atoms with Crippen LogP contribution in [0.15, 0.2) is 42.5 Å². The summed E-state index contributed by atoms with van der Waals surface area (Å²) in [6, 6.07) is 8.32. The van der Waals surface area contributed by atoms with Crippen LogP contribution in [0.2, 0.25) is 0 Å². The number of alkyl halides is 3. The fourth-order valence-corrected chi connectivity index (χ4v) is 2.35. The molecule has 3 rings (SSSR count). The van der Waals surface area contributed by atoms with Crippen molar-refractivity contribution in [3.63, 3.8) is 0 Å². The van der Waals surface area contributed by atoms with E-state index < -0.39 is 17.6 Å². The van der Waals surface area contributed by atoms with Gasteiger partial charge in [-0.05, 0) is 42.3 Å². The van der Waals surface area contributed by atoms with Gasteiger partial charge < -0.3 is 9.57 Å². The molecule has 122 valence electrons. The van der Waals surface area contributed by atoms with Crippen molar-refractivity contribution in [2.75, 3.05) is 6.61 Å². The van der Waals surface area contributed by atoms with Crippen LogP contribution in [0.5, 0.6) is 11.5 Å². The van der Waals surface area contributed by atoms with Crippen LogP contribution < -0.4 is 10.2 Å². The Labute approximate surface area is 129 Å². The van der Waals surface area contributed by atoms with Crippen LogP contribution in [0.3, 0.4) is 0 Å². The minimum Gasteiger partial charge on any atom is -0.457 e. The first-order valence-electron chi connectivity index (χ1n) is 6.95. The quantitative estimate of drug-likeness (QED) is 0.836. The molecule has 7 heteroatoms. The summed E-state index contributed by atoms with van der Waals surface area (Å²) in [5, 5.41) is 0. The van der Waals surface area contributed by atoms with E-state index in [1.165, 1.54) is 18.2 Å². The van der Waals surface area contributed by atoms with Crippen LogP contribution in [-0.2, 0) is 11.0 Å². The molecule has 0 unspecified atom stereocenters. The van der Waals surface area contributed by atoms with E-state index in [2.05, 4.69) is 5.48 Å². The van der Waals surface area contributed by atoms with E-state index in [1.807, 2.05) is 0 Å². The standard InChI is InChI=1S/C16H13F4NO2/c17-12-6-10(15-4-5-22-21-15)7-14(9-12)23-13-3-1-2-11(8-13)16(18,19)20/h1-3,6-9,15,21H,4-5H2/t15-/m1/s1. The molecule has 0 aromatic heterocycles. The van der Waals surface area contributed by atoms with Gasteiger partial charge >= 0.3 is 6.18 Å². The van der Waals surface area contributed by atoms with Crippen molar-refractivity contribution in [1.29, 1.82) is 0 Å². The van der Waals surface area contributed by atoms with Gasteiger partial charge in [-0.2, -0.15) is 18.7 Å². The molecule has 23 heavy (non-hydrogen) atoms. The Morgan fingerprint density at radius 2 is 1.91 bits per heavy atom. The molecule has 0 radical (unpaired) electrons. The van der Waals surface area contributed by atoms with Crippen molar-refractivity contribution < 1.29 is 27.1 Å². The van der Waals surface area contributed by atoms with Crippen LogP contribution >= 0.6 is 0 Å². The summed E-state index contributed by atoms with van der Waals surface area (Å²) in [5.74, 6) is -0.404. The van der Waals surface area contributed by atoms with Crippen LogP contribution in [0.25, 0.3) is 0 Å². The number of hydrogen-bond acceptors (Lipinski definition) is 3. The van der Waals surface area contributed by atoms with Crippen molar-refractivity contribution in [2.45, 2.75) is 18.6 Å². The number of hydroxylamine groups is 1. The Balaban J connectivity index is 1.85. The smallest absolute Gasteiger partial charge is 0.416 e. The van der Waals surface area contributed by atoms with Gasteiger partial charge in [0.15, 0.2) is 0 Å². The number of nitrogens with one attached hydrogen (secondary N) is 1. The minimum atomic E-state index is -4.46. The molecule has 3 nitrogen and oxygen atoms in total. The van der Waals surface area contributed by atoms with Crippen molar-refractivity contribution in [3.05, 3.63) is 59.4 Å². The lowest BCUT2D eigenvalue weighted by atomic mass is 10.1. The van der Waals surface area contributed by atoms with Crippen molar-refractivity contribution in [1.82, 2.24) is 5.48 Å². The number of ether oxygens (including phenoxy) is 1. The van der Waals surface area contributed by atoms with Crippen molar-refractivity contribution >= 4 is 0 Å². The topological polar surface area (TPSA) is 30.5 Å². The fraction of sp³-hybridized carbons (Fsp3) is 0.250. The lowest BCUT2D eigenvalue weighted by Crippen LogP contribution is -2.11. The molecule has 1 saturated heterocycles. The third-order valence-corrected chi connectivity index (χ3v) is 3.43. The molecule has 2 aromatic carbocycles. The normalized spacial score (nSPS) is 18.2. The fourth-order valence-electron chi connectivity index (χ4n) is 2.35. The molecular weight excluding hydrogens is 314 g/mol.